The monoisotopic (exact) mass is 330 g/mol. The van der Waals surface area contributed by atoms with Crippen molar-refractivity contribution < 1.29 is 9.53 Å². The van der Waals surface area contributed by atoms with Gasteiger partial charge >= 0.3 is 0 Å². The van der Waals surface area contributed by atoms with Crippen LogP contribution in [0.2, 0.25) is 0 Å². The molecule has 1 fully saturated rings. The Morgan fingerprint density at radius 2 is 1.96 bits per heavy atom. The number of thiazole rings is 1. The second kappa shape index (κ2) is 7.13. The summed E-state index contributed by atoms with van der Waals surface area (Å²) in [5.74, 6) is 1.30. The molecule has 1 aromatic carbocycles. The van der Waals surface area contributed by atoms with Gasteiger partial charge in [-0.2, -0.15) is 0 Å². The zero-order valence-corrected chi connectivity index (χ0v) is 14.4. The summed E-state index contributed by atoms with van der Waals surface area (Å²) in [5, 5.41) is 1.23. The fourth-order valence-corrected chi connectivity index (χ4v) is 3.89. The SMILES string of the molecule is Cc1nc(C2CCN(C(=O)COc3ccccc3)CC2)sc1C. The third-order valence-electron chi connectivity index (χ3n) is 4.35. The summed E-state index contributed by atoms with van der Waals surface area (Å²) < 4.78 is 5.55. The van der Waals surface area contributed by atoms with Gasteiger partial charge in [0.1, 0.15) is 5.75 Å². The van der Waals surface area contributed by atoms with Crippen LogP contribution in [0.5, 0.6) is 5.75 Å². The second-order valence-corrected chi connectivity index (χ2v) is 7.19. The molecule has 0 saturated carbocycles. The number of nitrogens with zero attached hydrogens (tertiary/aromatic N) is 2. The summed E-state index contributed by atoms with van der Waals surface area (Å²) in [6, 6.07) is 9.48. The minimum Gasteiger partial charge on any atom is -0.484 e. The van der Waals surface area contributed by atoms with Crippen LogP contribution >= 0.6 is 11.3 Å². The van der Waals surface area contributed by atoms with E-state index in [9.17, 15) is 4.79 Å². The van der Waals surface area contributed by atoms with Crippen molar-refractivity contribution in [1.29, 1.82) is 0 Å². The molecule has 2 aromatic rings. The number of para-hydroxylation sites is 1. The van der Waals surface area contributed by atoms with Gasteiger partial charge < -0.3 is 9.64 Å². The summed E-state index contributed by atoms with van der Waals surface area (Å²) in [6.45, 7) is 5.88. The molecule has 0 N–H and O–H groups in total. The Morgan fingerprint density at radius 1 is 1.26 bits per heavy atom. The number of hydrogen-bond acceptors (Lipinski definition) is 4. The molecular weight excluding hydrogens is 308 g/mol. The van der Waals surface area contributed by atoms with Crippen molar-refractivity contribution in [2.24, 2.45) is 0 Å². The van der Waals surface area contributed by atoms with Crippen molar-refractivity contribution in [2.45, 2.75) is 32.6 Å². The van der Waals surface area contributed by atoms with Crippen LogP contribution in [-0.4, -0.2) is 35.5 Å². The Balaban J connectivity index is 1.49. The van der Waals surface area contributed by atoms with Crippen LogP contribution in [0.3, 0.4) is 0 Å². The van der Waals surface area contributed by atoms with Crippen LogP contribution in [0.4, 0.5) is 0 Å². The van der Waals surface area contributed by atoms with Gasteiger partial charge in [-0.1, -0.05) is 18.2 Å². The molecular formula is C18H22N2O2S. The maximum Gasteiger partial charge on any atom is 0.260 e. The number of amides is 1. The standard InChI is InChI=1S/C18H22N2O2S/c1-13-14(2)23-18(19-13)15-8-10-20(11-9-15)17(21)12-22-16-6-4-3-5-7-16/h3-7,15H,8-12H2,1-2H3. The number of hydrogen-bond donors (Lipinski definition) is 0. The van der Waals surface area contributed by atoms with Gasteiger partial charge in [0.15, 0.2) is 6.61 Å². The number of piperidine rings is 1. The molecule has 4 nitrogen and oxygen atoms in total. The zero-order valence-electron chi connectivity index (χ0n) is 13.6. The number of likely N-dealkylation sites (tertiary alicyclic amines) is 1. The third-order valence-corrected chi connectivity index (χ3v) is 5.58. The smallest absolute Gasteiger partial charge is 0.260 e. The first-order chi connectivity index (χ1) is 11.1. The molecule has 1 aliphatic heterocycles. The number of rotatable bonds is 4. The van der Waals surface area contributed by atoms with Crippen molar-refractivity contribution in [3.8, 4) is 5.75 Å². The fourth-order valence-electron chi connectivity index (χ4n) is 2.80. The van der Waals surface area contributed by atoms with Gasteiger partial charge in [0, 0.05) is 23.9 Å². The fraction of sp³-hybridized carbons (Fsp3) is 0.444. The highest BCUT2D eigenvalue weighted by Gasteiger charge is 2.26. The predicted molar refractivity (Wildman–Crippen MR) is 92.1 cm³/mol. The van der Waals surface area contributed by atoms with E-state index in [1.54, 1.807) is 11.3 Å². The quantitative estimate of drug-likeness (QED) is 0.861. The van der Waals surface area contributed by atoms with Gasteiger partial charge in [-0.25, -0.2) is 4.98 Å². The van der Waals surface area contributed by atoms with E-state index in [0.29, 0.717) is 5.92 Å². The third kappa shape index (κ3) is 3.91. The van der Waals surface area contributed by atoms with Gasteiger partial charge in [-0.3, -0.25) is 4.79 Å². The molecule has 0 atom stereocenters. The summed E-state index contributed by atoms with van der Waals surface area (Å²) in [6.07, 6.45) is 1.98. The lowest BCUT2D eigenvalue weighted by Crippen LogP contribution is -2.40. The zero-order chi connectivity index (χ0) is 16.2. The van der Waals surface area contributed by atoms with Crippen LogP contribution in [0.25, 0.3) is 0 Å². The van der Waals surface area contributed by atoms with Gasteiger partial charge in [-0.15, -0.1) is 11.3 Å². The van der Waals surface area contributed by atoms with E-state index in [1.165, 1.54) is 9.88 Å². The normalized spacial score (nSPS) is 15.7. The molecule has 23 heavy (non-hydrogen) atoms. The molecule has 5 heteroatoms. The highest BCUT2D eigenvalue weighted by Crippen LogP contribution is 2.32. The van der Waals surface area contributed by atoms with Gasteiger partial charge in [0.05, 0.1) is 10.7 Å². The lowest BCUT2D eigenvalue weighted by Gasteiger charge is -2.31. The van der Waals surface area contributed by atoms with E-state index in [1.807, 2.05) is 35.2 Å². The van der Waals surface area contributed by atoms with E-state index < -0.39 is 0 Å². The molecule has 0 aliphatic carbocycles. The van der Waals surface area contributed by atoms with E-state index in [-0.39, 0.29) is 12.5 Å². The molecule has 0 bridgehead atoms. The molecule has 2 heterocycles. The molecule has 0 spiro atoms. The van der Waals surface area contributed by atoms with Crippen molar-refractivity contribution in [1.82, 2.24) is 9.88 Å². The first-order valence-electron chi connectivity index (χ1n) is 8.03. The van der Waals surface area contributed by atoms with Crippen molar-refractivity contribution >= 4 is 17.2 Å². The van der Waals surface area contributed by atoms with Crippen LogP contribution in [0, 0.1) is 13.8 Å². The van der Waals surface area contributed by atoms with Crippen molar-refractivity contribution in [3.63, 3.8) is 0 Å². The number of benzene rings is 1. The summed E-state index contributed by atoms with van der Waals surface area (Å²) in [5.41, 5.74) is 1.14. The Morgan fingerprint density at radius 3 is 2.57 bits per heavy atom. The first-order valence-corrected chi connectivity index (χ1v) is 8.84. The van der Waals surface area contributed by atoms with E-state index in [0.717, 1.165) is 37.4 Å². The molecule has 1 saturated heterocycles. The predicted octanol–water partition coefficient (Wildman–Crippen LogP) is 3.54. The Labute approximate surface area is 141 Å². The maximum absolute atomic E-state index is 12.3. The summed E-state index contributed by atoms with van der Waals surface area (Å²) in [7, 11) is 0. The molecule has 122 valence electrons. The number of aromatic nitrogens is 1. The Kier molecular flexibility index (Phi) is 4.96. The summed E-state index contributed by atoms with van der Waals surface area (Å²) in [4.78, 5) is 20.1. The highest BCUT2D eigenvalue weighted by atomic mass is 32.1. The summed E-state index contributed by atoms with van der Waals surface area (Å²) >= 11 is 1.80. The first kappa shape index (κ1) is 16.0. The van der Waals surface area contributed by atoms with Gasteiger partial charge in [-0.05, 0) is 38.8 Å². The number of carbonyl (C=O) groups is 1. The second-order valence-electron chi connectivity index (χ2n) is 5.95. The molecule has 1 aliphatic rings. The molecule has 0 radical (unpaired) electrons. The minimum atomic E-state index is 0.0683. The van der Waals surface area contributed by atoms with Crippen LogP contribution < -0.4 is 4.74 Å². The molecule has 0 unspecified atom stereocenters. The highest BCUT2D eigenvalue weighted by molar-refractivity contribution is 7.11. The Hall–Kier alpha value is -1.88. The average Bonchev–Trinajstić information content (AvgIpc) is 2.93. The van der Waals surface area contributed by atoms with E-state index >= 15 is 0 Å². The largest absolute Gasteiger partial charge is 0.484 e. The van der Waals surface area contributed by atoms with Crippen molar-refractivity contribution in [2.75, 3.05) is 19.7 Å². The molecule has 3 rings (SSSR count). The van der Waals surface area contributed by atoms with E-state index in [4.69, 9.17) is 4.74 Å². The lowest BCUT2D eigenvalue weighted by atomic mass is 9.97. The average molecular weight is 330 g/mol. The maximum atomic E-state index is 12.3. The number of ether oxygens (including phenoxy) is 1. The molecule has 1 aromatic heterocycles. The minimum absolute atomic E-state index is 0.0683. The number of aryl methyl sites for hydroxylation is 2. The topological polar surface area (TPSA) is 42.4 Å². The van der Waals surface area contributed by atoms with Crippen LogP contribution in [0.1, 0.15) is 34.3 Å². The van der Waals surface area contributed by atoms with Crippen LogP contribution in [-0.2, 0) is 4.79 Å². The van der Waals surface area contributed by atoms with Gasteiger partial charge in [0.25, 0.3) is 5.91 Å². The molecule has 1 amide bonds. The van der Waals surface area contributed by atoms with Gasteiger partial charge in [0.2, 0.25) is 0 Å². The Bertz CT molecular complexity index is 641. The van der Waals surface area contributed by atoms with E-state index in [2.05, 4.69) is 18.8 Å². The van der Waals surface area contributed by atoms with Crippen LogP contribution in [0.15, 0.2) is 30.3 Å². The van der Waals surface area contributed by atoms with Crippen molar-refractivity contribution in [3.05, 3.63) is 45.9 Å². The number of carbonyl (C=O) groups excluding carboxylic acids is 1. The lowest BCUT2D eigenvalue weighted by molar-refractivity contribution is -0.134.